The molecule has 0 fully saturated rings. The Bertz CT molecular complexity index is 1630. The summed E-state index contributed by atoms with van der Waals surface area (Å²) >= 11 is 0. The second kappa shape index (κ2) is 12.5. The Morgan fingerprint density at radius 2 is 1.49 bits per heavy atom. The molecule has 5 aromatic rings. The van der Waals surface area contributed by atoms with Crippen LogP contribution in [0.2, 0.25) is 0 Å². The standard InChI is InChI=1S/C33H32N4O4/c34-33(41)37(32(23-7-3-1-4-8-23)24-9-5-2-6-10-24)25-13-11-22(12-14-25)19-20-35-21-29(39)26-15-17-28(38)31-27(26)16-18-30(40)36-31/h1-18,29,32,35,38-39H,19-21H2,(H2,34,41)(H,36,40)/t29-/m0/s1. The van der Waals surface area contributed by atoms with Crippen LogP contribution in [0.1, 0.15) is 34.4 Å². The fourth-order valence-electron chi connectivity index (χ4n) is 5.12. The van der Waals surface area contributed by atoms with E-state index < -0.39 is 12.1 Å². The molecule has 0 saturated heterocycles. The summed E-state index contributed by atoms with van der Waals surface area (Å²) in [5.41, 5.74) is 10.2. The first-order valence-corrected chi connectivity index (χ1v) is 13.4. The second-order valence-corrected chi connectivity index (χ2v) is 9.85. The number of carbonyl (C=O) groups is 1. The molecule has 208 valence electrons. The van der Waals surface area contributed by atoms with Crippen molar-refractivity contribution in [3.8, 4) is 5.75 Å². The van der Waals surface area contributed by atoms with E-state index in [0.29, 0.717) is 41.7 Å². The monoisotopic (exact) mass is 548 g/mol. The Morgan fingerprint density at radius 1 is 0.854 bits per heavy atom. The topological polar surface area (TPSA) is 132 Å². The fourth-order valence-corrected chi connectivity index (χ4v) is 5.12. The lowest BCUT2D eigenvalue weighted by atomic mass is 9.96. The number of amides is 2. The third-order valence-electron chi connectivity index (χ3n) is 7.13. The lowest BCUT2D eigenvalue weighted by Gasteiger charge is -2.31. The number of hydrogen-bond acceptors (Lipinski definition) is 5. The maximum Gasteiger partial charge on any atom is 0.320 e. The van der Waals surface area contributed by atoms with Crippen LogP contribution in [0.5, 0.6) is 5.75 Å². The average molecular weight is 549 g/mol. The van der Waals surface area contributed by atoms with Crippen LogP contribution in [-0.4, -0.2) is 34.3 Å². The molecule has 1 heterocycles. The number of pyridine rings is 1. The summed E-state index contributed by atoms with van der Waals surface area (Å²) in [5.74, 6) is -0.0428. The first-order chi connectivity index (χ1) is 19.9. The highest BCUT2D eigenvalue weighted by molar-refractivity contribution is 5.92. The van der Waals surface area contributed by atoms with Gasteiger partial charge in [0.25, 0.3) is 0 Å². The zero-order chi connectivity index (χ0) is 28.8. The predicted octanol–water partition coefficient (Wildman–Crippen LogP) is 4.77. The number of aromatic amines is 1. The number of benzene rings is 4. The molecule has 0 unspecified atom stereocenters. The number of phenolic OH excluding ortho intramolecular Hbond substituents is 1. The summed E-state index contributed by atoms with van der Waals surface area (Å²) in [6.07, 6.45) is -0.128. The zero-order valence-electron chi connectivity index (χ0n) is 22.4. The Morgan fingerprint density at radius 3 is 2.10 bits per heavy atom. The van der Waals surface area contributed by atoms with Gasteiger partial charge < -0.3 is 26.2 Å². The Labute approximate surface area is 237 Å². The smallest absolute Gasteiger partial charge is 0.320 e. The van der Waals surface area contributed by atoms with E-state index in [1.54, 1.807) is 17.0 Å². The van der Waals surface area contributed by atoms with Gasteiger partial charge in [-0.2, -0.15) is 0 Å². The maximum atomic E-state index is 12.8. The van der Waals surface area contributed by atoms with Crippen molar-refractivity contribution in [2.45, 2.75) is 18.6 Å². The van der Waals surface area contributed by atoms with Gasteiger partial charge in [0.2, 0.25) is 5.56 Å². The van der Waals surface area contributed by atoms with Crippen LogP contribution < -0.4 is 21.5 Å². The number of aliphatic hydroxyl groups excluding tert-OH is 1. The number of primary amides is 1. The number of aliphatic hydroxyl groups is 1. The van der Waals surface area contributed by atoms with Gasteiger partial charge in [-0.25, -0.2) is 4.79 Å². The van der Waals surface area contributed by atoms with Crippen LogP contribution in [-0.2, 0) is 6.42 Å². The normalized spacial score (nSPS) is 12.0. The van der Waals surface area contributed by atoms with E-state index in [2.05, 4.69) is 10.3 Å². The average Bonchev–Trinajstić information content (AvgIpc) is 2.99. The van der Waals surface area contributed by atoms with Crippen LogP contribution in [0.4, 0.5) is 10.5 Å². The van der Waals surface area contributed by atoms with Crippen molar-refractivity contribution in [1.29, 1.82) is 0 Å². The molecule has 0 saturated carbocycles. The van der Waals surface area contributed by atoms with Gasteiger partial charge >= 0.3 is 6.03 Å². The number of nitrogens with two attached hydrogens (primary N) is 1. The minimum atomic E-state index is -0.830. The summed E-state index contributed by atoms with van der Waals surface area (Å²) < 4.78 is 0. The minimum Gasteiger partial charge on any atom is -0.506 e. The van der Waals surface area contributed by atoms with Crippen molar-refractivity contribution in [3.05, 3.63) is 142 Å². The molecule has 41 heavy (non-hydrogen) atoms. The van der Waals surface area contributed by atoms with Crippen LogP contribution >= 0.6 is 0 Å². The molecule has 0 spiro atoms. The molecular formula is C33H32N4O4. The summed E-state index contributed by atoms with van der Waals surface area (Å²) in [6.45, 7) is 0.905. The Kier molecular flexibility index (Phi) is 8.43. The number of H-pyrrole nitrogens is 1. The molecule has 0 bridgehead atoms. The summed E-state index contributed by atoms with van der Waals surface area (Å²) in [4.78, 5) is 28.6. The number of aromatic nitrogens is 1. The lowest BCUT2D eigenvalue weighted by molar-refractivity contribution is 0.176. The number of nitrogens with one attached hydrogen (secondary N) is 2. The van der Waals surface area contributed by atoms with Crippen LogP contribution in [0.25, 0.3) is 10.9 Å². The van der Waals surface area contributed by atoms with Gasteiger partial charge in [0.1, 0.15) is 5.75 Å². The molecule has 0 aliphatic rings. The first kappa shape index (κ1) is 27.6. The molecule has 0 radical (unpaired) electrons. The summed E-state index contributed by atoms with van der Waals surface area (Å²) in [5, 5.41) is 24.7. The number of rotatable bonds is 10. The van der Waals surface area contributed by atoms with Gasteiger partial charge in [0.05, 0.1) is 17.7 Å². The van der Waals surface area contributed by atoms with Crippen LogP contribution in [0.3, 0.4) is 0 Å². The van der Waals surface area contributed by atoms with E-state index in [1.165, 1.54) is 12.1 Å². The predicted molar refractivity (Wildman–Crippen MR) is 161 cm³/mol. The molecular weight excluding hydrogens is 516 g/mol. The molecule has 1 atom stereocenters. The number of urea groups is 1. The highest BCUT2D eigenvalue weighted by Crippen LogP contribution is 2.33. The highest BCUT2D eigenvalue weighted by Gasteiger charge is 2.26. The largest absolute Gasteiger partial charge is 0.506 e. The van der Waals surface area contributed by atoms with Gasteiger partial charge in [0, 0.05) is 23.7 Å². The molecule has 0 aliphatic carbocycles. The number of nitrogens with zero attached hydrogens (tertiary/aromatic N) is 1. The minimum absolute atomic E-state index is 0.0428. The van der Waals surface area contributed by atoms with Gasteiger partial charge in [0.15, 0.2) is 0 Å². The highest BCUT2D eigenvalue weighted by atomic mass is 16.3. The van der Waals surface area contributed by atoms with E-state index in [1.807, 2.05) is 84.9 Å². The van der Waals surface area contributed by atoms with Gasteiger partial charge in [-0.05, 0) is 59.5 Å². The summed E-state index contributed by atoms with van der Waals surface area (Å²) in [7, 11) is 0. The number of fused-ring (bicyclic) bond motifs is 1. The maximum absolute atomic E-state index is 12.8. The van der Waals surface area contributed by atoms with Crippen molar-refractivity contribution in [2.75, 3.05) is 18.0 Å². The van der Waals surface area contributed by atoms with Crippen molar-refractivity contribution in [3.63, 3.8) is 0 Å². The fraction of sp³-hybridized carbons (Fsp3) is 0.152. The SMILES string of the molecule is NC(=O)N(c1ccc(CCNC[C@H](O)c2ccc(O)c3[nH]c(=O)ccc23)cc1)C(c1ccccc1)c1ccccc1. The molecule has 0 aliphatic heterocycles. The van der Waals surface area contributed by atoms with Crippen molar-refractivity contribution >= 4 is 22.6 Å². The molecule has 2 amide bonds. The molecule has 8 heteroatoms. The quantitative estimate of drug-likeness (QED) is 0.160. The van der Waals surface area contributed by atoms with E-state index in [0.717, 1.165) is 16.7 Å². The third-order valence-corrected chi connectivity index (χ3v) is 7.13. The van der Waals surface area contributed by atoms with Crippen LogP contribution in [0, 0.1) is 0 Å². The molecule has 6 N–H and O–H groups in total. The molecule has 4 aromatic carbocycles. The zero-order valence-corrected chi connectivity index (χ0v) is 22.4. The van der Waals surface area contributed by atoms with Gasteiger partial charge in [-0.15, -0.1) is 0 Å². The van der Waals surface area contributed by atoms with Crippen LogP contribution in [0.15, 0.2) is 114 Å². The third kappa shape index (κ3) is 6.30. The number of hydrogen-bond donors (Lipinski definition) is 5. The molecule has 1 aromatic heterocycles. The first-order valence-electron chi connectivity index (χ1n) is 13.4. The number of aromatic hydroxyl groups is 1. The van der Waals surface area contributed by atoms with E-state index in [4.69, 9.17) is 5.73 Å². The Hall–Kier alpha value is -4.92. The van der Waals surface area contributed by atoms with Gasteiger partial charge in [-0.3, -0.25) is 9.69 Å². The van der Waals surface area contributed by atoms with E-state index in [-0.39, 0.29) is 17.4 Å². The summed E-state index contributed by atoms with van der Waals surface area (Å²) in [6, 6.07) is 32.5. The van der Waals surface area contributed by atoms with Gasteiger partial charge in [-0.1, -0.05) is 78.9 Å². The number of anilines is 1. The lowest BCUT2D eigenvalue weighted by Crippen LogP contribution is -2.39. The Balaban J connectivity index is 1.26. The molecule has 5 rings (SSSR count). The van der Waals surface area contributed by atoms with Crippen molar-refractivity contribution in [2.24, 2.45) is 5.73 Å². The van der Waals surface area contributed by atoms with Crippen molar-refractivity contribution in [1.82, 2.24) is 10.3 Å². The molecule has 8 nitrogen and oxygen atoms in total. The van der Waals surface area contributed by atoms with Crippen molar-refractivity contribution < 1.29 is 15.0 Å². The number of carbonyl (C=O) groups excluding carboxylic acids is 1. The number of phenols is 1. The second-order valence-electron chi connectivity index (χ2n) is 9.85. The van der Waals surface area contributed by atoms with E-state index >= 15 is 0 Å². The van der Waals surface area contributed by atoms with E-state index in [9.17, 15) is 19.8 Å².